The smallest absolute Gasteiger partial charge is 0.316 e. The first-order chi connectivity index (χ1) is 16.3. The third-order valence-electron chi connectivity index (χ3n) is 8.13. The van der Waals surface area contributed by atoms with Crippen LogP contribution in [0.25, 0.3) is 0 Å². The van der Waals surface area contributed by atoms with Crippen LogP contribution in [0, 0.1) is 29.6 Å². The van der Waals surface area contributed by atoms with Crippen LogP contribution in [-0.4, -0.2) is 67.2 Å². The molecule has 0 amide bonds. The van der Waals surface area contributed by atoms with Gasteiger partial charge in [-0.25, -0.2) is 0 Å². The molecular formula is C28H49NO6. The van der Waals surface area contributed by atoms with Gasteiger partial charge in [0.2, 0.25) is 0 Å². The van der Waals surface area contributed by atoms with Crippen molar-refractivity contribution < 1.29 is 28.6 Å². The molecule has 202 valence electrons. The second-order valence-corrected chi connectivity index (χ2v) is 11.4. The molecule has 0 aromatic heterocycles. The minimum absolute atomic E-state index is 0.0437. The largest absolute Gasteiger partial charge is 0.462 e. The van der Waals surface area contributed by atoms with Gasteiger partial charge < -0.3 is 19.1 Å². The third kappa shape index (κ3) is 8.09. The number of esters is 1. The van der Waals surface area contributed by atoms with Crippen LogP contribution in [0.5, 0.6) is 0 Å². The van der Waals surface area contributed by atoms with Crippen LogP contribution in [0.3, 0.4) is 0 Å². The number of carbonyl (C=O) groups excluding carboxylic acids is 3. The summed E-state index contributed by atoms with van der Waals surface area (Å²) in [6.07, 6.45) is 3.07. The molecule has 0 N–H and O–H groups in total. The van der Waals surface area contributed by atoms with Gasteiger partial charge in [-0.3, -0.25) is 14.4 Å². The summed E-state index contributed by atoms with van der Waals surface area (Å²) in [5.41, 5.74) is 0. The Bertz CT molecular complexity index is 724. The van der Waals surface area contributed by atoms with E-state index in [-0.39, 0.29) is 41.5 Å². The zero-order valence-electron chi connectivity index (χ0n) is 23.4. The highest BCUT2D eigenvalue weighted by atomic mass is 16.7. The van der Waals surface area contributed by atoms with Gasteiger partial charge in [-0.05, 0) is 66.0 Å². The van der Waals surface area contributed by atoms with Gasteiger partial charge in [0.05, 0.1) is 12.2 Å². The molecule has 2 aliphatic rings. The molecule has 2 fully saturated rings. The monoisotopic (exact) mass is 495 g/mol. The minimum Gasteiger partial charge on any atom is -0.462 e. The molecule has 2 aliphatic heterocycles. The van der Waals surface area contributed by atoms with Crippen LogP contribution in [0.15, 0.2) is 0 Å². The molecule has 2 saturated heterocycles. The highest BCUT2D eigenvalue weighted by molar-refractivity contribution is 6.00. The fraction of sp³-hybridized carbons (Fsp3) is 0.893. The van der Waals surface area contributed by atoms with Crippen molar-refractivity contribution in [2.75, 3.05) is 14.1 Å². The van der Waals surface area contributed by atoms with E-state index in [0.717, 1.165) is 6.42 Å². The van der Waals surface area contributed by atoms with E-state index in [0.29, 0.717) is 38.1 Å². The summed E-state index contributed by atoms with van der Waals surface area (Å²) in [5.74, 6) is -2.15. The summed E-state index contributed by atoms with van der Waals surface area (Å²) < 4.78 is 18.4. The molecule has 0 aliphatic carbocycles. The Morgan fingerprint density at radius 1 is 0.886 bits per heavy atom. The van der Waals surface area contributed by atoms with Gasteiger partial charge in [-0.1, -0.05) is 34.6 Å². The van der Waals surface area contributed by atoms with Crippen LogP contribution >= 0.6 is 0 Å². The lowest BCUT2D eigenvalue weighted by atomic mass is 9.79. The molecule has 0 unspecified atom stereocenters. The van der Waals surface area contributed by atoms with Crippen molar-refractivity contribution in [3.63, 3.8) is 0 Å². The van der Waals surface area contributed by atoms with Gasteiger partial charge in [0.25, 0.3) is 0 Å². The maximum Gasteiger partial charge on any atom is 0.316 e. The first-order valence-corrected chi connectivity index (χ1v) is 13.6. The van der Waals surface area contributed by atoms with Gasteiger partial charge >= 0.3 is 5.97 Å². The van der Waals surface area contributed by atoms with Gasteiger partial charge in [0.1, 0.15) is 17.8 Å². The lowest BCUT2D eigenvalue weighted by molar-refractivity contribution is -0.236. The Balaban J connectivity index is 2.33. The van der Waals surface area contributed by atoms with Crippen molar-refractivity contribution in [2.45, 2.75) is 118 Å². The van der Waals surface area contributed by atoms with Gasteiger partial charge in [-0.15, -0.1) is 0 Å². The highest BCUT2D eigenvalue weighted by Crippen LogP contribution is 2.33. The van der Waals surface area contributed by atoms with E-state index in [1.54, 1.807) is 6.92 Å². The van der Waals surface area contributed by atoms with Crippen molar-refractivity contribution in [2.24, 2.45) is 29.6 Å². The minimum atomic E-state index is -0.863. The molecule has 0 aromatic rings. The maximum absolute atomic E-state index is 13.5. The quantitative estimate of drug-likeness (QED) is 0.415. The SMILES string of the molecule is CC[C@@H]1CC[C@@H](C)C(=O)[C@H](C)C[C@H](C)[C@H](O[C@H]2C[C@@H](N(C)C)C[C@@H](C)O2)[C@@H](C)C(=O)[C@@H](C)C(=O)O1. The Hall–Kier alpha value is -1.31. The molecule has 0 saturated carbocycles. The topological polar surface area (TPSA) is 82.1 Å². The lowest BCUT2D eigenvalue weighted by Gasteiger charge is -2.40. The first kappa shape index (κ1) is 29.9. The Kier molecular flexibility index (Phi) is 11.4. The molecule has 7 nitrogen and oxygen atoms in total. The molecule has 2 rings (SSSR count). The van der Waals surface area contributed by atoms with Crippen LogP contribution in [0.4, 0.5) is 0 Å². The van der Waals surface area contributed by atoms with Crippen molar-refractivity contribution in [3.8, 4) is 0 Å². The summed E-state index contributed by atoms with van der Waals surface area (Å²) in [6, 6.07) is 0.324. The molecule has 7 heteroatoms. The van der Waals surface area contributed by atoms with Gasteiger partial charge in [0, 0.05) is 30.2 Å². The van der Waals surface area contributed by atoms with Crippen LogP contribution in [0.1, 0.15) is 87.0 Å². The van der Waals surface area contributed by atoms with E-state index in [9.17, 15) is 14.4 Å². The standard InChI is InChI=1S/C28H49NO6/c1-10-23-12-11-16(2)25(30)17(3)13-18(4)27(20(6)26(31)21(7)28(32)34-23)35-24-15-22(29(8)9)14-19(5)33-24/h16-24,27H,10-15H2,1-9H3/t16-,17-,18+,19-,20+,21-,22+,23-,24+,27+/m1/s1. The zero-order valence-corrected chi connectivity index (χ0v) is 23.4. The predicted octanol–water partition coefficient (Wildman–Crippen LogP) is 4.65. The Labute approximate surface area is 212 Å². The second-order valence-electron chi connectivity index (χ2n) is 11.4. The molecule has 0 aromatic carbocycles. The summed E-state index contributed by atoms with van der Waals surface area (Å²) in [7, 11) is 4.11. The summed E-state index contributed by atoms with van der Waals surface area (Å²) in [4.78, 5) is 41.6. The van der Waals surface area contributed by atoms with E-state index < -0.39 is 30.2 Å². The van der Waals surface area contributed by atoms with Crippen molar-refractivity contribution in [3.05, 3.63) is 0 Å². The molecule has 2 heterocycles. The lowest BCUT2D eigenvalue weighted by Crippen LogP contribution is -2.47. The molecule has 0 bridgehead atoms. The van der Waals surface area contributed by atoms with Crippen LogP contribution < -0.4 is 0 Å². The number of Topliss-reactive ketones (excluding diaryl/α,β-unsaturated/α-hetero) is 2. The number of rotatable bonds is 4. The first-order valence-electron chi connectivity index (χ1n) is 13.6. The number of ketones is 2. The normalized spacial score (nSPS) is 40.9. The summed E-state index contributed by atoms with van der Waals surface area (Å²) in [5, 5.41) is 0. The Morgan fingerprint density at radius 3 is 2.14 bits per heavy atom. The van der Waals surface area contributed by atoms with E-state index in [1.165, 1.54) is 0 Å². The summed E-state index contributed by atoms with van der Waals surface area (Å²) in [6.45, 7) is 13.5. The number of nitrogens with zero attached hydrogens (tertiary/aromatic N) is 1. The average molecular weight is 496 g/mol. The van der Waals surface area contributed by atoms with Crippen molar-refractivity contribution in [1.82, 2.24) is 4.90 Å². The fourth-order valence-electron chi connectivity index (χ4n) is 5.66. The van der Waals surface area contributed by atoms with Crippen LogP contribution in [-0.2, 0) is 28.6 Å². The number of cyclic esters (lactones) is 1. The predicted molar refractivity (Wildman–Crippen MR) is 136 cm³/mol. The number of hydrogen-bond acceptors (Lipinski definition) is 7. The number of carbonyl (C=O) groups is 3. The summed E-state index contributed by atoms with van der Waals surface area (Å²) >= 11 is 0. The van der Waals surface area contributed by atoms with E-state index in [4.69, 9.17) is 14.2 Å². The van der Waals surface area contributed by atoms with Gasteiger partial charge in [0.15, 0.2) is 12.1 Å². The van der Waals surface area contributed by atoms with E-state index in [2.05, 4.69) is 19.0 Å². The molecule has 10 atom stereocenters. The second kappa shape index (κ2) is 13.3. The number of ether oxygens (including phenoxy) is 3. The maximum atomic E-state index is 13.5. The molecule has 0 spiro atoms. The zero-order chi connectivity index (χ0) is 26.4. The molecular weight excluding hydrogens is 446 g/mol. The Morgan fingerprint density at radius 2 is 1.54 bits per heavy atom. The van der Waals surface area contributed by atoms with E-state index >= 15 is 0 Å². The fourth-order valence-corrected chi connectivity index (χ4v) is 5.66. The highest BCUT2D eigenvalue weighted by Gasteiger charge is 2.40. The third-order valence-corrected chi connectivity index (χ3v) is 8.13. The van der Waals surface area contributed by atoms with Gasteiger partial charge in [-0.2, -0.15) is 0 Å². The van der Waals surface area contributed by atoms with Crippen molar-refractivity contribution in [1.29, 1.82) is 0 Å². The van der Waals surface area contributed by atoms with Crippen molar-refractivity contribution >= 4 is 17.5 Å². The van der Waals surface area contributed by atoms with E-state index in [1.807, 2.05) is 41.5 Å². The van der Waals surface area contributed by atoms with Crippen LogP contribution in [0.2, 0.25) is 0 Å². The molecule has 0 radical (unpaired) electrons. The molecule has 35 heavy (non-hydrogen) atoms. The number of hydrogen-bond donors (Lipinski definition) is 0. The average Bonchev–Trinajstić information content (AvgIpc) is 2.81.